The van der Waals surface area contributed by atoms with Gasteiger partial charge in [0.2, 0.25) is 5.91 Å². The number of aromatic nitrogens is 1. The summed E-state index contributed by atoms with van der Waals surface area (Å²) in [6.45, 7) is 4.35. The maximum Gasteiger partial charge on any atom is 0.231 e. The Labute approximate surface area is 142 Å². The summed E-state index contributed by atoms with van der Waals surface area (Å²) < 4.78 is 0. The topological polar surface area (TPSA) is 71.6 Å². The van der Waals surface area contributed by atoms with E-state index in [1.54, 1.807) is 7.05 Å². The van der Waals surface area contributed by atoms with E-state index in [9.17, 15) is 4.79 Å². The number of nitrogens with zero attached hydrogens (tertiary/aromatic N) is 3. The molecule has 0 spiro atoms. The number of benzene rings is 1. The van der Waals surface area contributed by atoms with Gasteiger partial charge in [0.15, 0.2) is 0 Å². The number of carbonyl (C=O) groups excluding carboxylic acids is 1. The highest BCUT2D eigenvalue weighted by molar-refractivity contribution is 5.98. The van der Waals surface area contributed by atoms with Crippen molar-refractivity contribution in [2.75, 3.05) is 26.7 Å². The first kappa shape index (κ1) is 16.6. The van der Waals surface area contributed by atoms with E-state index < -0.39 is 0 Å². The van der Waals surface area contributed by atoms with Gasteiger partial charge in [-0.15, -0.1) is 0 Å². The maximum atomic E-state index is 11.3. The van der Waals surface area contributed by atoms with Crippen LogP contribution in [0.3, 0.4) is 0 Å². The second-order valence-electron chi connectivity index (χ2n) is 6.73. The molecule has 2 N–H and O–H groups in total. The first-order chi connectivity index (χ1) is 11.6. The average Bonchev–Trinajstić information content (AvgIpc) is 2.54. The first-order valence-corrected chi connectivity index (χ1v) is 8.39. The van der Waals surface area contributed by atoms with E-state index >= 15 is 0 Å². The summed E-state index contributed by atoms with van der Waals surface area (Å²) in [5.74, 6) is 0.656. The number of carbonyl (C=O) groups is 1. The van der Waals surface area contributed by atoms with E-state index in [1.807, 2.05) is 18.5 Å². The number of primary amides is 1. The summed E-state index contributed by atoms with van der Waals surface area (Å²) in [7, 11) is 1.77. The van der Waals surface area contributed by atoms with Gasteiger partial charge in [0.05, 0.1) is 12.1 Å². The smallest absolute Gasteiger partial charge is 0.231 e. The molecule has 1 aliphatic rings. The number of pyridine rings is 1. The number of aliphatic imine (C=N–C) groups is 1. The van der Waals surface area contributed by atoms with Crippen LogP contribution in [0.15, 0.2) is 35.5 Å². The zero-order valence-corrected chi connectivity index (χ0v) is 14.3. The normalized spacial score (nSPS) is 22.2. The van der Waals surface area contributed by atoms with Gasteiger partial charge in [-0.05, 0) is 29.9 Å². The van der Waals surface area contributed by atoms with Crippen LogP contribution in [0.1, 0.15) is 30.4 Å². The van der Waals surface area contributed by atoms with Gasteiger partial charge in [0.1, 0.15) is 0 Å². The molecular formula is C19H24N4O. The molecule has 2 atom stereocenters. The molecular weight excluding hydrogens is 300 g/mol. The summed E-state index contributed by atoms with van der Waals surface area (Å²) in [5.41, 5.74) is 8.71. The SMILES string of the molecule is CN=Cc1ccc([C@H]2C[C@@H](C)CN(CC(N)=O)C2)c2cccnc12. The molecule has 0 bridgehead atoms. The standard InChI is InChI=1S/C19H24N4O/c1-13-8-15(11-23(10-13)12-18(20)24)16-6-5-14(9-21-2)19-17(16)4-3-7-22-19/h3-7,9,13,15H,8,10-12H2,1-2H3,(H2,20,24)/t13-,15+/m1/s1. The molecule has 5 heteroatoms. The van der Waals surface area contributed by atoms with Crippen molar-refractivity contribution >= 4 is 23.0 Å². The van der Waals surface area contributed by atoms with Crippen molar-refractivity contribution in [2.24, 2.45) is 16.6 Å². The van der Waals surface area contributed by atoms with Crippen LogP contribution in [0, 0.1) is 5.92 Å². The Bertz CT molecular complexity index is 771. The molecule has 1 fully saturated rings. The van der Waals surface area contributed by atoms with Crippen LogP contribution in [-0.2, 0) is 4.79 Å². The highest BCUT2D eigenvalue weighted by atomic mass is 16.1. The van der Waals surface area contributed by atoms with Gasteiger partial charge in [0, 0.05) is 43.5 Å². The lowest BCUT2D eigenvalue weighted by molar-refractivity contribution is -0.119. The van der Waals surface area contributed by atoms with Crippen molar-refractivity contribution in [1.82, 2.24) is 9.88 Å². The molecule has 24 heavy (non-hydrogen) atoms. The molecule has 0 aliphatic carbocycles. The summed E-state index contributed by atoms with van der Waals surface area (Å²) in [4.78, 5) is 22.2. The van der Waals surface area contributed by atoms with Gasteiger partial charge in [-0.25, -0.2) is 0 Å². The zero-order valence-electron chi connectivity index (χ0n) is 14.3. The molecule has 5 nitrogen and oxygen atoms in total. The van der Waals surface area contributed by atoms with Gasteiger partial charge >= 0.3 is 0 Å². The lowest BCUT2D eigenvalue weighted by Crippen LogP contribution is -2.43. The minimum atomic E-state index is -0.260. The molecule has 1 aliphatic heterocycles. The van der Waals surface area contributed by atoms with Crippen LogP contribution in [0.2, 0.25) is 0 Å². The Morgan fingerprint density at radius 3 is 3.00 bits per heavy atom. The molecule has 1 saturated heterocycles. The Morgan fingerprint density at radius 2 is 2.25 bits per heavy atom. The molecule has 0 radical (unpaired) electrons. The number of nitrogens with two attached hydrogens (primary N) is 1. The summed E-state index contributed by atoms with van der Waals surface area (Å²) in [5, 5.41) is 1.17. The third-order valence-electron chi connectivity index (χ3n) is 4.66. The molecule has 0 saturated carbocycles. The number of fused-ring (bicyclic) bond motifs is 1. The van der Waals surface area contributed by atoms with E-state index in [1.165, 1.54) is 10.9 Å². The molecule has 126 valence electrons. The van der Waals surface area contributed by atoms with Gasteiger partial charge in [-0.3, -0.25) is 19.7 Å². The number of likely N-dealkylation sites (tertiary alicyclic amines) is 1. The quantitative estimate of drug-likeness (QED) is 0.876. The van der Waals surface area contributed by atoms with Crippen LogP contribution < -0.4 is 5.73 Å². The third-order valence-corrected chi connectivity index (χ3v) is 4.66. The molecule has 2 heterocycles. The van der Waals surface area contributed by atoms with Crippen molar-refractivity contribution in [3.8, 4) is 0 Å². The van der Waals surface area contributed by atoms with Crippen molar-refractivity contribution in [3.63, 3.8) is 0 Å². The number of rotatable bonds is 4. The highest BCUT2D eigenvalue weighted by Gasteiger charge is 2.27. The lowest BCUT2D eigenvalue weighted by Gasteiger charge is -2.36. The Morgan fingerprint density at radius 1 is 1.42 bits per heavy atom. The van der Waals surface area contributed by atoms with E-state index in [0.717, 1.165) is 30.6 Å². The Kier molecular flexibility index (Phi) is 4.90. The van der Waals surface area contributed by atoms with Crippen molar-refractivity contribution < 1.29 is 4.79 Å². The van der Waals surface area contributed by atoms with Crippen LogP contribution in [0.25, 0.3) is 10.9 Å². The van der Waals surface area contributed by atoms with E-state index in [2.05, 4.69) is 40.0 Å². The fourth-order valence-electron chi connectivity index (χ4n) is 3.85. The van der Waals surface area contributed by atoms with Gasteiger partial charge in [-0.2, -0.15) is 0 Å². The molecule has 2 aromatic rings. The average molecular weight is 324 g/mol. The second kappa shape index (κ2) is 7.09. The van der Waals surface area contributed by atoms with Crippen molar-refractivity contribution in [3.05, 3.63) is 41.6 Å². The fraction of sp³-hybridized carbons (Fsp3) is 0.421. The number of hydrogen-bond acceptors (Lipinski definition) is 4. The monoisotopic (exact) mass is 324 g/mol. The predicted molar refractivity (Wildman–Crippen MR) is 97.4 cm³/mol. The number of piperidine rings is 1. The fourth-order valence-corrected chi connectivity index (χ4v) is 3.85. The maximum absolute atomic E-state index is 11.3. The van der Waals surface area contributed by atoms with Crippen LogP contribution in [-0.4, -0.2) is 48.7 Å². The van der Waals surface area contributed by atoms with Crippen molar-refractivity contribution in [1.29, 1.82) is 0 Å². The lowest BCUT2D eigenvalue weighted by atomic mass is 9.83. The molecule has 1 amide bonds. The minimum absolute atomic E-state index is 0.260. The van der Waals surface area contributed by atoms with Crippen molar-refractivity contribution in [2.45, 2.75) is 19.3 Å². The third kappa shape index (κ3) is 3.46. The zero-order chi connectivity index (χ0) is 17.1. The minimum Gasteiger partial charge on any atom is -0.369 e. The number of amides is 1. The van der Waals surface area contributed by atoms with Crippen LogP contribution in [0.4, 0.5) is 0 Å². The largest absolute Gasteiger partial charge is 0.369 e. The summed E-state index contributed by atoms with van der Waals surface area (Å²) >= 11 is 0. The molecule has 1 aromatic heterocycles. The highest BCUT2D eigenvalue weighted by Crippen LogP contribution is 2.34. The second-order valence-corrected chi connectivity index (χ2v) is 6.73. The van der Waals surface area contributed by atoms with Gasteiger partial charge < -0.3 is 5.73 Å². The van der Waals surface area contributed by atoms with Gasteiger partial charge in [-0.1, -0.05) is 25.1 Å². The molecule has 3 rings (SSSR count). The predicted octanol–water partition coefficient (Wildman–Crippen LogP) is 2.19. The van der Waals surface area contributed by atoms with Crippen LogP contribution >= 0.6 is 0 Å². The van der Waals surface area contributed by atoms with Crippen LogP contribution in [0.5, 0.6) is 0 Å². The molecule has 1 aromatic carbocycles. The number of hydrogen-bond donors (Lipinski definition) is 1. The Hall–Kier alpha value is -2.27. The summed E-state index contributed by atoms with van der Waals surface area (Å²) in [6, 6.07) is 8.38. The van der Waals surface area contributed by atoms with E-state index in [0.29, 0.717) is 18.4 Å². The van der Waals surface area contributed by atoms with E-state index in [4.69, 9.17) is 5.73 Å². The van der Waals surface area contributed by atoms with E-state index in [-0.39, 0.29) is 5.91 Å². The summed E-state index contributed by atoms with van der Waals surface area (Å²) in [6.07, 6.45) is 4.78. The Balaban J connectivity index is 1.99. The van der Waals surface area contributed by atoms with Gasteiger partial charge in [0.25, 0.3) is 0 Å². The first-order valence-electron chi connectivity index (χ1n) is 8.39. The molecule has 0 unspecified atom stereocenters.